The molecule has 3 rings (SSSR count). The maximum absolute atomic E-state index is 12.5. The summed E-state index contributed by atoms with van der Waals surface area (Å²) in [6.45, 7) is 3.98. The third-order valence-electron chi connectivity index (χ3n) is 4.47. The zero-order valence-corrected chi connectivity index (χ0v) is 17.0. The van der Waals surface area contributed by atoms with Crippen LogP contribution in [0.5, 0.6) is 5.75 Å². The van der Waals surface area contributed by atoms with E-state index in [4.69, 9.17) is 4.74 Å². The van der Waals surface area contributed by atoms with E-state index in [9.17, 15) is 4.79 Å². The SMILES string of the molecule is Cc1ccc(OCC(=O)N(C)C(C)c2ccc(-n3cncn3)cc2)c(Br)c1. The first kappa shape index (κ1) is 19.1. The van der Waals surface area contributed by atoms with Gasteiger partial charge in [0.15, 0.2) is 6.61 Å². The highest BCUT2D eigenvalue weighted by atomic mass is 79.9. The Bertz CT molecular complexity index is 910. The van der Waals surface area contributed by atoms with Crippen LogP contribution < -0.4 is 4.74 Å². The third kappa shape index (κ3) is 4.54. The van der Waals surface area contributed by atoms with Crippen molar-refractivity contribution in [3.05, 3.63) is 70.7 Å². The number of likely N-dealkylation sites (N-methyl/N-ethyl adjacent to an activating group) is 1. The molecule has 0 aliphatic heterocycles. The molecule has 1 aromatic heterocycles. The van der Waals surface area contributed by atoms with Gasteiger partial charge in [-0.25, -0.2) is 9.67 Å². The molecule has 0 aliphatic carbocycles. The Labute approximate surface area is 166 Å². The van der Waals surface area contributed by atoms with Gasteiger partial charge in [0.1, 0.15) is 18.4 Å². The van der Waals surface area contributed by atoms with E-state index in [-0.39, 0.29) is 18.6 Å². The molecule has 0 spiro atoms. The van der Waals surface area contributed by atoms with E-state index in [0.717, 1.165) is 21.3 Å². The Hall–Kier alpha value is -2.67. The molecule has 1 unspecified atom stereocenters. The highest BCUT2D eigenvalue weighted by Crippen LogP contribution is 2.26. The molecule has 1 atom stereocenters. The molecule has 1 heterocycles. The highest BCUT2D eigenvalue weighted by Gasteiger charge is 2.18. The number of rotatable bonds is 6. The van der Waals surface area contributed by atoms with Gasteiger partial charge in [-0.2, -0.15) is 5.10 Å². The summed E-state index contributed by atoms with van der Waals surface area (Å²) >= 11 is 3.46. The molecular weight excluding hydrogens is 408 g/mol. The van der Waals surface area contributed by atoms with Gasteiger partial charge in [0.05, 0.1) is 16.2 Å². The predicted molar refractivity (Wildman–Crippen MR) is 107 cm³/mol. The number of aromatic nitrogens is 3. The number of benzene rings is 2. The van der Waals surface area contributed by atoms with Crippen molar-refractivity contribution in [3.63, 3.8) is 0 Å². The molecule has 7 heteroatoms. The number of aryl methyl sites for hydroxylation is 1. The lowest BCUT2D eigenvalue weighted by atomic mass is 10.1. The molecule has 0 bridgehead atoms. The van der Waals surface area contributed by atoms with Gasteiger partial charge in [-0.3, -0.25) is 4.79 Å². The fraction of sp³-hybridized carbons (Fsp3) is 0.250. The van der Waals surface area contributed by atoms with Crippen molar-refractivity contribution in [1.82, 2.24) is 19.7 Å². The maximum atomic E-state index is 12.5. The third-order valence-corrected chi connectivity index (χ3v) is 5.09. The van der Waals surface area contributed by atoms with Gasteiger partial charge in [0, 0.05) is 7.05 Å². The average Bonchev–Trinajstić information content (AvgIpc) is 3.21. The molecule has 0 radical (unpaired) electrons. The lowest BCUT2D eigenvalue weighted by molar-refractivity contribution is -0.134. The molecule has 1 amide bonds. The van der Waals surface area contributed by atoms with Crippen LogP contribution in [0.15, 0.2) is 59.6 Å². The highest BCUT2D eigenvalue weighted by molar-refractivity contribution is 9.10. The molecule has 3 aromatic rings. The van der Waals surface area contributed by atoms with E-state index in [0.29, 0.717) is 5.75 Å². The van der Waals surface area contributed by atoms with Crippen LogP contribution in [-0.2, 0) is 4.79 Å². The quantitative estimate of drug-likeness (QED) is 0.596. The first-order chi connectivity index (χ1) is 13.0. The molecule has 140 valence electrons. The molecule has 27 heavy (non-hydrogen) atoms. The van der Waals surface area contributed by atoms with Crippen molar-refractivity contribution >= 4 is 21.8 Å². The summed E-state index contributed by atoms with van der Waals surface area (Å²) in [4.78, 5) is 18.2. The second-order valence-electron chi connectivity index (χ2n) is 6.33. The van der Waals surface area contributed by atoms with Crippen molar-refractivity contribution in [2.45, 2.75) is 19.9 Å². The van der Waals surface area contributed by atoms with E-state index in [2.05, 4.69) is 26.0 Å². The number of nitrogens with zero attached hydrogens (tertiary/aromatic N) is 4. The zero-order chi connectivity index (χ0) is 19.4. The summed E-state index contributed by atoms with van der Waals surface area (Å²) in [5.41, 5.74) is 3.08. The summed E-state index contributed by atoms with van der Waals surface area (Å²) in [5.74, 6) is 0.572. The molecule has 2 aromatic carbocycles. The Morgan fingerprint density at radius 2 is 2.00 bits per heavy atom. The molecule has 6 nitrogen and oxygen atoms in total. The monoisotopic (exact) mass is 428 g/mol. The number of halogens is 1. The summed E-state index contributed by atoms with van der Waals surface area (Å²) in [5, 5.41) is 4.11. The Balaban J connectivity index is 1.62. The average molecular weight is 429 g/mol. The zero-order valence-electron chi connectivity index (χ0n) is 15.5. The van der Waals surface area contributed by atoms with Gasteiger partial charge in [0.25, 0.3) is 5.91 Å². The number of carbonyl (C=O) groups is 1. The van der Waals surface area contributed by atoms with Gasteiger partial charge < -0.3 is 9.64 Å². The van der Waals surface area contributed by atoms with Gasteiger partial charge in [-0.1, -0.05) is 18.2 Å². The largest absolute Gasteiger partial charge is 0.483 e. The number of carbonyl (C=O) groups excluding carboxylic acids is 1. The Morgan fingerprint density at radius 3 is 2.63 bits per heavy atom. The summed E-state index contributed by atoms with van der Waals surface area (Å²) in [6, 6.07) is 13.6. The molecule has 0 saturated carbocycles. The van der Waals surface area contributed by atoms with Crippen LogP contribution >= 0.6 is 15.9 Å². The van der Waals surface area contributed by atoms with Crippen molar-refractivity contribution in [1.29, 1.82) is 0 Å². The number of hydrogen-bond donors (Lipinski definition) is 0. The van der Waals surface area contributed by atoms with Crippen molar-refractivity contribution in [2.75, 3.05) is 13.7 Å². The molecule has 0 aliphatic rings. The van der Waals surface area contributed by atoms with Crippen molar-refractivity contribution in [2.24, 2.45) is 0 Å². The number of ether oxygens (including phenoxy) is 1. The van der Waals surface area contributed by atoms with E-state index in [1.54, 1.807) is 23.0 Å². The van der Waals surface area contributed by atoms with Crippen LogP contribution in [0.25, 0.3) is 5.69 Å². The standard InChI is InChI=1S/C20H21BrN4O2/c1-14-4-9-19(18(21)10-14)27-11-20(26)24(3)15(2)16-5-7-17(8-6-16)25-13-22-12-23-25/h4-10,12-13,15H,11H2,1-3H3. The molecule has 0 N–H and O–H groups in total. The topological polar surface area (TPSA) is 60.2 Å². The van der Waals surface area contributed by atoms with E-state index in [1.165, 1.54) is 6.33 Å². The summed E-state index contributed by atoms with van der Waals surface area (Å²) < 4.78 is 8.21. The van der Waals surface area contributed by atoms with Crippen LogP contribution in [0, 0.1) is 6.92 Å². The Kier molecular flexibility index (Phi) is 5.91. The smallest absolute Gasteiger partial charge is 0.260 e. The van der Waals surface area contributed by atoms with Crippen LogP contribution in [0.2, 0.25) is 0 Å². The Morgan fingerprint density at radius 1 is 1.26 bits per heavy atom. The van der Waals surface area contributed by atoms with Gasteiger partial charge in [-0.15, -0.1) is 0 Å². The number of amides is 1. The van der Waals surface area contributed by atoms with Crippen LogP contribution in [0.1, 0.15) is 24.1 Å². The molecular formula is C20H21BrN4O2. The molecule has 0 saturated heterocycles. The van der Waals surface area contributed by atoms with E-state index >= 15 is 0 Å². The van der Waals surface area contributed by atoms with E-state index in [1.807, 2.05) is 56.3 Å². The molecule has 0 fully saturated rings. The number of hydrogen-bond acceptors (Lipinski definition) is 4. The first-order valence-corrected chi connectivity index (χ1v) is 9.34. The predicted octanol–water partition coefficient (Wildman–Crippen LogP) is 3.94. The van der Waals surface area contributed by atoms with Crippen LogP contribution in [0.3, 0.4) is 0 Å². The lowest BCUT2D eigenvalue weighted by Crippen LogP contribution is -2.33. The first-order valence-electron chi connectivity index (χ1n) is 8.55. The fourth-order valence-corrected chi connectivity index (χ4v) is 3.26. The minimum atomic E-state index is -0.0877. The minimum Gasteiger partial charge on any atom is -0.483 e. The minimum absolute atomic E-state index is 0.0143. The van der Waals surface area contributed by atoms with E-state index < -0.39 is 0 Å². The summed E-state index contributed by atoms with van der Waals surface area (Å²) in [7, 11) is 1.78. The maximum Gasteiger partial charge on any atom is 0.260 e. The van der Waals surface area contributed by atoms with Crippen LogP contribution in [-0.4, -0.2) is 39.2 Å². The lowest BCUT2D eigenvalue weighted by Gasteiger charge is -2.25. The van der Waals surface area contributed by atoms with Gasteiger partial charge >= 0.3 is 0 Å². The summed E-state index contributed by atoms with van der Waals surface area (Å²) in [6.07, 6.45) is 3.14. The van der Waals surface area contributed by atoms with Crippen molar-refractivity contribution < 1.29 is 9.53 Å². The van der Waals surface area contributed by atoms with Gasteiger partial charge in [-0.05, 0) is 65.2 Å². The van der Waals surface area contributed by atoms with Crippen LogP contribution in [0.4, 0.5) is 0 Å². The normalized spacial score (nSPS) is 11.9. The second-order valence-corrected chi connectivity index (χ2v) is 7.19. The van der Waals surface area contributed by atoms with Crippen molar-refractivity contribution in [3.8, 4) is 11.4 Å². The van der Waals surface area contributed by atoms with Gasteiger partial charge in [0.2, 0.25) is 0 Å². The fourth-order valence-electron chi connectivity index (χ4n) is 2.65. The second kappa shape index (κ2) is 8.35.